The molecule has 0 saturated carbocycles. The number of hydrogen-bond acceptors (Lipinski definition) is 3. The zero-order valence-electron chi connectivity index (χ0n) is 6.37. The summed E-state index contributed by atoms with van der Waals surface area (Å²) >= 11 is 0. The Morgan fingerprint density at radius 2 is 2.18 bits per heavy atom. The third-order valence-electron chi connectivity index (χ3n) is 1.00. The van der Waals surface area contributed by atoms with Crippen LogP contribution in [0.3, 0.4) is 0 Å². The highest BCUT2D eigenvalue weighted by Gasteiger charge is 2.03. The molecule has 0 aliphatic carbocycles. The number of rotatable bonds is 3. The van der Waals surface area contributed by atoms with Crippen LogP contribution in [0.4, 0.5) is 0 Å². The van der Waals surface area contributed by atoms with Crippen LogP contribution in [0.1, 0.15) is 13.3 Å². The van der Waals surface area contributed by atoms with Gasteiger partial charge in [-0.1, -0.05) is 0 Å². The first-order valence-corrected chi connectivity index (χ1v) is 3.14. The van der Waals surface area contributed by atoms with E-state index < -0.39 is 5.91 Å². The molecule has 0 aliphatic heterocycles. The summed E-state index contributed by atoms with van der Waals surface area (Å²) in [5, 5.41) is 0. The van der Waals surface area contributed by atoms with E-state index in [1.165, 1.54) is 0 Å². The van der Waals surface area contributed by atoms with Crippen molar-refractivity contribution in [1.82, 2.24) is 5.43 Å². The molecule has 1 amide bonds. The molecular formula is C5H13N5O. The van der Waals surface area contributed by atoms with Gasteiger partial charge in [0.25, 0.3) is 0 Å². The van der Waals surface area contributed by atoms with Crippen molar-refractivity contribution in [2.75, 3.05) is 0 Å². The van der Waals surface area contributed by atoms with Crippen molar-refractivity contribution < 1.29 is 4.79 Å². The van der Waals surface area contributed by atoms with E-state index in [4.69, 9.17) is 17.3 Å². The van der Waals surface area contributed by atoms with Crippen LogP contribution < -0.4 is 22.7 Å². The molecule has 64 valence electrons. The predicted molar refractivity (Wildman–Crippen MR) is 42.2 cm³/mol. The average molecular weight is 159 g/mol. The van der Waals surface area contributed by atoms with E-state index in [1.807, 2.05) is 0 Å². The van der Waals surface area contributed by atoms with Gasteiger partial charge in [-0.2, -0.15) is 0 Å². The second-order valence-corrected chi connectivity index (χ2v) is 2.18. The lowest BCUT2D eigenvalue weighted by atomic mass is 10.2. The van der Waals surface area contributed by atoms with Gasteiger partial charge in [0.2, 0.25) is 11.9 Å². The lowest BCUT2D eigenvalue weighted by Crippen LogP contribution is -2.38. The van der Waals surface area contributed by atoms with Gasteiger partial charge in [-0.05, 0) is 6.92 Å². The molecule has 0 aromatic rings. The van der Waals surface area contributed by atoms with Crippen molar-refractivity contribution in [3.05, 3.63) is 0 Å². The number of nitrogens with zero attached hydrogens (tertiary/aromatic N) is 1. The average Bonchev–Trinajstić information content (AvgIpc) is 1.85. The molecule has 0 fully saturated rings. The van der Waals surface area contributed by atoms with Crippen molar-refractivity contribution in [2.45, 2.75) is 19.4 Å². The highest BCUT2D eigenvalue weighted by molar-refractivity contribution is 5.78. The standard InChI is InChI=1S/C5H13N5O/c1-3(2-4(6)11)9-5(7)10-8/h3H,2,8H2,1H3,(H2,6,11)(H3,7,9,10). The minimum absolute atomic E-state index is 0.0961. The Labute approximate surface area is 64.8 Å². The minimum atomic E-state index is -0.411. The van der Waals surface area contributed by atoms with Crippen molar-refractivity contribution in [3.63, 3.8) is 0 Å². The van der Waals surface area contributed by atoms with Crippen LogP contribution in [0, 0.1) is 0 Å². The van der Waals surface area contributed by atoms with Crippen molar-refractivity contribution in [3.8, 4) is 0 Å². The number of carbonyl (C=O) groups is 1. The topological polar surface area (TPSA) is 120 Å². The Morgan fingerprint density at radius 3 is 2.55 bits per heavy atom. The Bertz CT molecular complexity index is 166. The smallest absolute Gasteiger partial charge is 0.219 e. The van der Waals surface area contributed by atoms with E-state index in [2.05, 4.69) is 10.4 Å². The van der Waals surface area contributed by atoms with Crippen LogP contribution in [-0.4, -0.2) is 17.9 Å². The molecule has 6 heteroatoms. The molecule has 0 heterocycles. The normalized spacial score (nSPS) is 14.2. The number of hydrazine groups is 1. The molecule has 0 radical (unpaired) electrons. The maximum atomic E-state index is 10.3. The number of primary amides is 1. The number of carbonyl (C=O) groups excluding carboxylic acids is 1. The summed E-state index contributed by atoms with van der Waals surface area (Å²) in [6.45, 7) is 1.72. The molecule has 0 aromatic carbocycles. The molecule has 7 N–H and O–H groups in total. The molecule has 0 bridgehead atoms. The molecule has 6 nitrogen and oxygen atoms in total. The van der Waals surface area contributed by atoms with Gasteiger partial charge in [-0.3, -0.25) is 10.2 Å². The van der Waals surface area contributed by atoms with Gasteiger partial charge in [-0.25, -0.2) is 10.8 Å². The third-order valence-corrected chi connectivity index (χ3v) is 1.00. The summed E-state index contributed by atoms with van der Waals surface area (Å²) in [7, 11) is 0. The number of guanidine groups is 1. The predicted octanol–water partition coefficient (Wildman–Crippen LogP) is -1.97. The van der Waals surface area contributed by atoms with Crippen LogP contribution in [0.5, 0.6) is 0 Å². The van der Waals surface area contributed by atoms with E-state index in [-0.39, 0.29) is 18.4 Å². The van der Waals surface area contributed by atoms with Crippen LogP contribution in [0.15, 0.2) is 4.99 Å². The van der Waals surface area contributed by atoms with Gasteiger partial charge in [0.1, 0.15) is 0 Å². The lowest BCUT2D eigenvalue weighted by Gasteiger charge is -2.04. The van der Waals surface area contributed by atoms with Crippen LogP contribution in [0.2, 0.25) is 0 Å². The monoisotopic (exact) mass is 159 g/mol. The maximum Gasteiger partial charge on any atom is 0.219 e. The number of aliphatic imine (C=N–C) groups is 1. The number of hydrogen-bond donors (Lipinski definition) is 4. The molecule has 1 atom stereocenters. The fourth-order valence-corrected chi connectivity index (χ4v) is 0.612. The quantitative estimate of drug-likeness (QED) is 0.165. The van der Waals surface area contributed by atoms with E-state index in [0.717, 1.165) is 0 Å². The van der Waals surface area contributed by atoms with E-state index in [9.17, 15) is 4.79 Å². The maximum absolute atomic E-state index is 10.3. The number of amides is 1. The summed E-state index contributed by atoms with van der Waals surface area (Å²) in [6, 6.07) is -0.233. The zero-order chi connectivity index (χ0) is 8.85. The summed E-state index contributed by atoms with van der Waals surface area (Å²) in [5.41, 5.74) is 12.3. The molecule has 1 unspecified atom stereocenters. The number of nitrogens with one attached hydrogen (secondary N) is 1. The van der Waals surface area contributed by atoms with E-state index in [1.54, 1.807) is 6.92 Å². The highest BCUT2D eigenvalue weighted by Crippen LogP contribution is 1.93. The lowest BCUT2D eigenvalue weighted by molar-refractivity contribution is -0.118. The van der Waals surface area contributed by atoms with Gasteiger partial charge < -0.3 is 11.5 Å². The van der Waals surface area contributed by atoms with E-state index >= 15 is 0 Å². The van der Waals surface area contributed by atoms with Gasteiger partial charge in [-0.15, -0.1) is 0 Å². The molecule has 0 rings (SSSR count). The fourth-order valence-electron chi connectivity index (χ4n) is 0.612. The van der Waals surface area contributed by atoms with Gasteiger partial charge in [0.15, 0.2) is 0 Å². The first-order valence-electron chi connectivity index (χ1n) is 3.14. The molecule has 0 spiro atoms. The molecule has 0 aromatic heterocycles. The van der Waals surface area contributed by atoms with Crippen LogP contribution in [0.25, 0.3) is 0 Å². The molecule has 0 saturated heterocycles. The van der Waals surface area contributed by atoms with Crippen molar-refractivity contribution >= 4 is 11.9 Å². The second kappa shape index (κ2) is 4.51. The Balaban J connectivity index is 3.85. The first-order chi connectivity index (χ1) is 5.06. The summed E-state index contributed by atoms with van der Waals surface area (Å²) in [6.07, 6.45) is 0.169. The van der Waals surface area contributed by atoms with Crippen LogP contribution >= 0.6 is 0 Å². The Kier molecular flexibility index (Phi) is 3.97. The summed E-state index contributed by atoms with van der Waals surface area (Å²) < 4.78 is 0. The van der Waals surface area contributed by atoms with Gasteiger partial charge in [0.05, 0.1) is 6.04 Å². The molecule has 11 heavy (non-hydrogen) atoms. The second-order valence-electron chi connectivity index (χ2n) is 2.18. The van der Waals surface area contributed by atoms with Gasteiger partial charge >= 0.3 is 0 Å². The highest BCUT2D eigenvalue weighted by atomic mass is 16.1. The Morgan fingerprint density at radius 1 is 1.64 bits per heavy atom. The summed E-state index contributed by atoms with van der Waals surface area (Å²) in [5.74, 6) is 4.61. The van der Waals surface area contributed by atoms with Gasteiger partial charge in [0, 0.05) is 6.42 Å². The van der Waals surface area contributed by atoms with Crippen LogP contribution in [-0.2, 0) is 4.79 Å². The summed E-state index contributed by atoms with van der Waals surface area (Å²) in [4.78, 5) is 14.1. The van der Waals surface area contributed by atoms with E-state index in [0.29, 0.717) is 0 Å². The molecule has 0 aliphatic rings. The Hall–Kier alpha value is -1.30. The largest absolute Gasteiger partial charge is 0.370 e. The van der Waals surface area contributed by atoms with Crippen molar-refractivity contribution in [2.24, 2.45) is 22.3 Å². The zero-order valence-corrected chi connectivity index (χ0v) is 6.37. The van der Waals surface area contributed by atoms with Crippen molar-refractivity contribution in [1.29, 1.82) is 0 Å². The SMILES string of the molecule is CC(CC(N)=O)N=C(N)NN. The minimum Gasteiger partial charge on any atom is -0.370 e. The molecular weight excluding hydrogens is 146 g/mol. The fraction of sp³-hybridized carbons (Fsp3) is 0.600. The third kappa shape index (κ3) is 5.16. The number of nitrogens with two attached hydrogens (primary N) is 3. The first kappa shape index (κ1) is 9.70.